The van der Waals surface area contributed by atoms with Gasteiger partial charge in [-0.2, -0.15) is 0 Å². The third-order valence-corrected chi connectivity index (χ3v) is 12.4. The second-order valence-corrected chi connectivity index (χ2v) is 15.1. The van der Waals surface area contributed by atoms with Gasteiger partial charge >= 0.3 is 0 Å². The average Bonchev–Trinajstić information content (AvgIpc) is 3.31. The molecule has 1 aromatic carbocycles. The lowest BCUT2D eigenvalue weighted by atomic mass is 9.99. The van der Waals surface area contributed by atoms with Crippen LogP contribution in [0.4, 0.5) is 0 Å². The number of rotatable bonds is 2. The Balaban J connectivity index is 1.86. The summed E-state index contributed by atoms with van der Waals surface area (Å²) in [5, 5.41) is 3.81. The fourth-order valence-electron chi connectivity index (χ4n) is 5.15. The summed E-state index contributed by atoms with van der Waals surface area (Å²) in [5.41, 5.74) is 9.07. The topological polar surface area (TPSA) is 0 Å². The molecule has 0 bridgehead atoms. The van der Waals surface area contributed by atoms with E-state index in [4.69, 9.17) is 0 Å². The van der Waals surface area contributed by atoms with E-state index in [2.05, 4.69) is 78.1 Å². The third kappa shape index (κ3) is 2.39. The van der Waals surface area contributed by atoms with Crippen molar-refractivity contribution in [3.05, 3.63) is 71.6 Å². The summed E-state index contributed by atoms with van der Waals surface area (Å²) in [7, 11) is -0.783. The second kappa shape index (κ2) is 6.29. The average molecular weight is 421 g/mol. The number of fused-ring (bicyclic) bond motifs is 3. The molecule has 0 spiro atoms. The molecule has 0 saturated carbocycles. The molecule has 2 atom stereocenters. The zero-order chi connectivity index (χ0) is 19.9. The van der Waals surface area contributed by atoms with Gasteiger partial charge < -0.3 is 0 Å². The molecule has 2 aliphatic carbocycles. The van der Waals surface area contributed by atoms with E-state index < -0.39 is 8.80 Å². The van der Waals surface area contributed by atoms with Crippen LogP contribution in [0, 0.1) is 20.8 Å². The minimum atomic E-state index is -0.935. The van der Waals surface area contributed by atoms with Gasteiger partial charge in [-0.25, -0.2) is 0 Å². The molecule has 0 N–H and O–H groups in total. The van der Waals surface area contributed by atoms with Gasteiger partial charge in [-0.3, -0.25) is 0 Å². The molecule has 2 unspecified atom stereocenters. The smallest absolute Gasteiger partial charge is 0.0681 e. The number of thiophene rings is 1. The van der Waals surface area contributed by atoms with Gasteiger partial charge in [0.15, 0.2) is 0 Å². The lowest BCUT2D eigenvalue weighted by Crippen LogP contribution is -2.22. The molecule has 2 heterocycles. The van der Waals surface area contributed by atoms with E-state index in [1.54, 1.807) is 36.2 Å². The van der Waals surface area contributed by atoms with Crippen LogP contribution in [-0.2, 0) is 0 Å². The monoisotopic (exact) mass is 420 g/mol. The maximum Gasteiger partial charge on any atom is 0.0681 e. The van der Waals surface area contributed by atoms with E-state index >= 15 is 0 Å². The highest BCUT2D eigenvalue weighted by Gasteiger charge is 2.37. The minimum Gasteiger partial charge on any atom is -0.141 e. The van der Waals surface area contributed by atoms with Crippen molar-refractivity contribution in [2.45, 2.75) is 53.0 Å². The Hall–Kier alpha value is -1.42. The summed E-state index contributed by atoms with van der Waals surface area (Å²) in [6, 6.07) is 7.06. The van der Waals surface area contributed by atoms with Gasteiger partial charge in [0.05, 0.1) is 14.0 Å². The molecular formula is C25H28S2Si. The zero-order valence-electron chi connectivity index (χ0n) is 17.9. The Morgan fingerprint density at radius 3 is 2.39 bits per heavy atom. The van der Waals surface area contributed by atoms with Crippen molar-refractivity contribution in [1.29, 1.82) is 0 Å². The van der Waals surface area contributed by atoms with Gasteiger partial charge in [0.1, 0.15) is 0 Å². The van der Waals surface area contributed by atoms with Crippen LogP contribution in [-0.4, -0.2) is 13.7 Å². The molecule has 0 nitrogen and oxygen atoms in total. The normalized spacial score (nSPS) is 22.6. The first-order valence-electron chi connectivity index (χ1n) is 10.2. The fourth-order valence-corrected chi connectivity index (χ4v) is 12.4. The first-order chi connectivity index (χ1) is 13.3. The third-order valence-electron chi connectivity index (χ3n) is 6.38. The van der Waals surface area contributed by atoms with Crippen molar-refractivity contribution in [2.75, 3.05) is 0 Å². The predicted molar refractivity (Wildman–Crippen MR) is 133 cm³/mol. The van der Waals surface area contributed by atoms with Crippen molar-refractivity contribution < 1.29 is 0 Å². The molecular weight excluding hydrogens is 392 g/mol. The maximum atomic E-state index is 2.53. The Morgan fingerprint density at radius 2 is 1.68 bits per heavy atom. The van der Waals surface area contributed by atoms with Crippen molar-refractivity contribution in [3.63, 3.8) is 0 Å². The van der Waals surface area contributed by atoms with Crippen molar-refractivity contribution in [2.24, 2.45) is 0 Å². The highest BCUT2D eigenvalue weighted by molar-refractivity contribution is 8.21. The van der Waals surface area contributed by atoms with Gasteiger partial charge in [-0.05, 0) is 84.7 Å². The number of allylic oxidation sites excluding steroid dienone is 2. The van der Waals surface area contributed by atoms with Crippen LogP contribution in [0.2, 0.25) is 13.1 Å². The Bertz CT molecular complexity index is 1280. The van der Waals surface area contributed by atoms with Crippen molar-refractivity contribution in [1.82, 2.24) is 0 Å². The molecule has 5 rings (SSSR count). The van der Waals surface area contributed by atoms with Crippen molar-refractivity contribution in [3.8, 4) is 0 Å². The summed E-state index contributed by atoms with van der Waals surface area (Å²) < 4.78 is 1.60. The Labute approximate surface area is 176 Å². The molecule has 2 aromatic rings. The molecule has 3 heteroatoms. The predicted octanol–water partition coefficient (Wildman–Crippen LogP) is 5.53. The highest BCUT2D eigenvalue weighted by atomic mass is 32.2. The van der Waals surface area contributed by atoms with E-state index in [1.807, 2.05) is 11.3 Å². The number of hydrogen-bond donors (Lipinski definition) is 0. The molecule has 144 valence electrons. The standard InChI is InChI=1S/C25H28S2Si/c1-13-8-9-14(2)21-18(13)10-15(3)23(21)27-17(5)12-20-19-11-16(4)26-22(19)25(24(20)27)28(6)7/h8-12,23,28H,1-7H3. The largest absolute Gasteiger partial charge is 0.141 e. The first-order valence-corrected chi connectivity index (χ1v) is 15.2. The molecule has 1 aromatic heterocycles. The Morgan fingerprint density at radius 1 is 0.964 bits per heavy atom. The van der Waals surface area contributed by atoms with Gasteiger partial charge in [-0.15, -0.1) is 21.8 Å². The lowest BCUT2D eigenvalue weighted by molar-refractivity contribution is 1.12. The van der Waals surface area contributed by atoms with Crippen LogP contribution < -0.4 is 9.75 Å². The van der Waals surface area contributed by atoms with Crippen LogP contribution >= 0.6 is 21.8 Å². The van der Waals surface area contributed by atoms with Gasteiger partial charge in [0, 0.05) is 19.5 Å². The molecule has 28 heavy (non-hydrogen) atoms. The second-order valence-electron chi connectivity index (χ2n) is 8.80. The quantitative estimate of drug-likeness (QED) is 0.442. The molecule has 0 saturated heterocycles. The van der Waals surface area contributed by atoms with Crippen LogP contribution in [0.15, 0.2) is 34.8 Å². The summed E-state index contributed by atoms with van der Waals surface area (Å²) in [4.78, 5) is 4.75. The van der Waals surface area contributed by atoms with E-state index in [9.17, 15) is 0 Å². The molecule has 1 aliphatic heterocycles. The first kappa shape index (κ1) is 18.6. The van der Waals surface area contributed by atoms with E-state index in [0.717, 1.165) is 0 Å². The number of hydrogen-bond acceptors (Lipinski definition) is 1. The summed E-state index contributed by atoms with van der Waals surface area (Å²) >= 11 is 2.02. The zero-order valence-corrected chi connectivity index (χ0v) is 20.6. The summed E-state index contributed by atoms with van der Waals surface area (Å²) in [6.45, 7) is 16.6. The lowest BCUT2D eigenvalue weighted by Gasteiger charge is -2.25. The van der Waals surface area contributed by atoms with Crippen LogP contribution in [0.5, 0.6) is 0 Å². The Kier molecular flexibility index (Phi) is 4.17. The summed E-state index contributed by atoms with van der Waals surface area (Å²) in [6.07, 6.45) is 5.01. The molecule has 0 fully saturated rings. The van der Waals surface area contributed by atoms with Crippen LogP contribution in [0.1, 0.15) is 46.2 Å². The minimum absolute atomic E-state index is 0.152. The SMILES string of the molecule is CC1=Cc2c(C)ccc(C)c2C1S1=C2C(=c3cc(C)sc3=C2[SiH](C)C)C=C1C. The van der Waals surface area contributed by atoms with Gasteiger partial charge in [0.2, 0.25) is 0 Å². The maximum absolute atomic E-state index is 2.53. The van der Waals surface area contributed by atoms with Crippen LogP contribution in [0.25, 0.3) is 16.8 Å². The number of benzene rings is 1. The number of aryl methyl sites for hydroxylation is 3. The molecule has 0 radical (unpaired) electrons. The van der Waals surface area contributed by atoms with Crippen LogP contribution in [0.3, 0.4) is 0 Å². The fraction of sp³-hybridized carbons (Fsp3) is 0.320. The van der Waals surface area contributed by atoms with E-state index in [0.29, 0.717) is 5.25 Å². The van der Waals surface area contributed by atoms with Gasteiger partial charge in [0.25, 0.3) is 0 Å². The molecule has 3 aliphatic rings. The highest BCUT2D eigenvalue weighted by Crippen LogP contribution is 2.57. The van der Waals surface area contributed by atoms with Gasteiger partial charge in [-0.1, -0.05) is 36.9 Å². The summed E-state index contributed by atoms with van der Waals surface area (Å²) in [5.74, 6) is 0. The molecule has 0 amide bonds. The van der Waals surface area contributed by atoms with Crippen molar-refractivity contribution >= 4 is 52.3 Å². The van der Waals surface area contributed by atoms with E-state index in [-0.39, 0.29) is 10.5 Å². The van der Waals surface area contributed by atoms with E-state index in [1.165, 1.54) is 26.8 Å².